The predicted octanol–water partition coefficient (Wildman–Crippen LogP) is 3.41. The Morgan fingerprint density at radius 1 is 1.26 bits per heavy atom. The van der Waals surface area contributed by atoms with Gasteiger partial charge >= 0.3 is 0 Å². The first-order valence-corrected chi connectivity index (χ1v) is 8.23. The lowest BCUT2D eigenvalue weighted by molar-refractivity contribution is -0.126. The summed E-state index contributed by atoms with van der Waals surface area (Å²) in [6, 6.07) is 0. The molecule has 4 heteroatoms. The molecule has 2 aliphatic rings. The van der Waals surface area contributed by atoms with Gasteiger partial charge in [-0.3, -0.25) is 4.79 Å². The molecule has 0 radical (unpaired) electrons. The van der Waals surface area contributed by atoms with Gasteiger partial charge in [0.25, 0.3) is 0 Å². The van der Waals surface area contributed by atoms with Gasteiger partial charge in [-0.2, -0.15) is 0 Å². The molecule has 2 saturated carbocycles. The molecule has 0 unspecified atom stereocenters. The Hall–Kier alpha value is -0.900. The van der Waals surface area contributed by atoms with E-state index in [1.807, 2.05) is 6.92 Å². The number of nitrogens with zero attached hydrogens (tertiary/aromatic N) is 1. The van der Waals surface area contributed by atoms with Gasteiger partial charge in [0.1, 0.15) is 0 Å². The van der Waals surface area contributed by atoms with Gasteiger partial charge in [-0.25, -0.2) is 4.98 Å². The van der Waals surface area contributed by atoms with E-state index in [1.165, 1.54) is 37.1 Å². The molecule has 1 aromatic rings. The maximum Gasteiger partial charge on any atom is 0.228 e. The molecular formula is C15H22N2OS. The van der Waals surface area contributed by atoms with Crippen molar-refractivity contribution in [3.63, 3.8) is 0 Å². The number of hydrogen-bond acceptors (Lipinski definition) is 3. The van der Waals surface area contributed by atoms with Gasteiger partial charge in [-0.1, -0.05) is 25.7 Å². The molecule has 0 spiro atoms. The second-order valence-corrected chi connectivity index (χ2v) is 7.13. The molecule has 3 nitrogen and oxygen atoms in total. The SMILES string of the molecule is Cc1nc(C2CCCCC2)sc1C1(C(N)=O)CCC1. The fraction of sp³-hybridized carbons (Fsp3) is 0.733. The van der Waals surface area contributed by atoms with Gasteiger partial charge in [-0.15, -0.1) is 11.3 Å². The molecule has 104 valence electrons. The van der Waals surface area contributed by atoms with Gasteiger partial charge in [0, 0.05) is 10.8 Å². The normalized spacial score (nSPS) is 23.0. The van der Waals surface area contributed by atoms with E-state index >= 15 is 0 Å². The second kappa shape index (κ2) is 4.89. The van der Waals surface area contributed by atoms with Crippen molar-refractivity contribution >= 4 is 17.2 Å². The molecule has 19 heavy (non-hydrogen) atoms. The van der Waals surface area contributed by atoms with Crippen LogP contribution in [0.15, 0.2) is 0 Å². The van der Waals surface area contributed by atoms with Crippen LogP contribution in [0.2, 0.25) is 0 Å². The highest BCUT2D eigenvalue weighted by atomic mass is 32.1. The number of aromatic nitrogens is 1. The lowest BCUT2D eigenvalue weighted by Crippen LogP contribution is -2.46. The minimum Gasteiger partial charge on any atom is -0.369 e. The van der Waals surface area contributed by atoms with Gasteiger partial charge in [0.15, 0.2) is 0 Å². The summed E-state index contributed by atoms with van der Waals surface area (Å²) in [4.78, 5) is 17.8. The van der Waals surface area contributed by atoms with Crippen molar-refractivity contribution in [1.29, 1.82) is 0 Å². The van der Waals surface area contributed by atoms with Gasteiger partial charge in [-0.05, 0) is 32.6 Å². The Kier molecular flexibility index (Phi) is 3.37. The standard InChI is InChI=1S/C15H22N2OS/c1-10-12(15(14(16)18)8-5-9-15)19-13(17-10)11-6-3-2-4-7-11/h11H,2-9H2,1H3,(H2,16,18). The van der Waals surface area contributed by atoms with Crippen molar-refractivity contribution in [2.45, 2.75) is 69.6 Å². The summed E-state index contributed by atoms with van der Waals surface area (Å²) in [6.07, 6.45) is 9.45. The number of nitrogens with two attached hydrogens (primary N) is 1. The zero-order valence-corrected chi connectivity index (χ0v) is 12.4. The number of thiazole rings is 1. The monoisotopic (exact) mass is 278 g/mol. The molecule has 1 heterocycles. The Balaban J connectivity index is 1.90. The van der Waals surface area contributed by atoms with Crippen LogP contribution in [0.5, 0.6) is 0 Å². The van der Waals surface area contributed by atoms with E-state index in [2.05, 4.69) is 0 Å². The number of rotatable bonds is 3. The smallest absolute Gasteiger partial charge is 0.228 e. The average molecular weight is 278 g/mol. The molecule has 0 aliphatic heterocycles. The van der Waals surface area contributed by atoms with E-state index in [9.17, 15) is 4.79 Å². The molecule has 2 aliphatic carbocycles. The first-order valence-electron chi connectivity index (χ1n) is 7.41. The minimum atomic E-state index is -0.380. The van der Waals surface area contributed by atoms with Crippen LogP contribution >= 0.6 is 11.3 Å². The highest BCUT2D eigenvalue weighted by Crippen LogP contribution is 2.48. The Bertz CT molecular complexity index is 484. The first kappa shape index (κ1) is 13.1. The number of aryl methyl sites for hydroxylation is 1. The topological polar surface area (TPSA) is 56.0 Å². The molecule has 0 saturated heterocycles. The van der Waals surface area contributed by atoms with Crippen molar-refractivity contribution in [2.75, 3.05) is 0 Å². The van der Waals surface area contributed by atoms with Crippen LogP contribution in [0, 0.1) is 6.92 Å². The zero-order chi connectivity index (χ0) is 13.5. The van der Waals surface area contributed by atoms with E-state index in [0.717, 1.165) is 29.8 Å². The highest BCUT2D eigenvalue weighted by Gasteiger charge is 2.47. The van der Waals surface area contributed by atoms with Crippen LogP contribution in [-0.4, -0.2) is 10.9 Å². The first-order chi connectivity index (χ1) is 9.13. The largest absolute Gasteiger partial charge is 0.369 e. The number of hydrogen-bond donors (Lipinski definition) is 1. The molecule has 2 N–H and O–H groups in total. The highest BCUT2D eigenvalue weighted by molar-refractivity contribution is 7.12. The molecule has 0 aromatic carbocycles. The van der Waals surface area contributed by atoms with Crippen LogP contribution in [0.25, 0.3) is 0 Å². The molecule has 1 amide bonds. The van der Waals surface area contributed by atoms with Crippen LogP contribution < -0.4 is 5.73 Å². The summed E-state index contributed by atoms with van der Waals surface area (Å²) in [5, 5.41) is 1.25. The van der Waals surface area contributed by atoms with Crippen LogP contribution in [0.4, 0.5) is 0 Å². The van der Waals surface area contributed by atoms with Crippen molar-refractivity contribution in [1.82, 2.24) is 4.98 Å². The van der Waals surface area contributed by atoms with Gasteiger partial charge in [0.2, 0.25) is 5.91 Å². The summed E-state index contributed by atoms with van der Waals surface area (Å²) < 4.78 is 0. The van der Waals surface area contributed by atoms with Crippen molar-refractivity contribution in [3.05, 3.63) is 15.6 Å². The molecule has 0 atom stereocenters. The molecule has 0 bridgehead atoms. The van der Waals surface area contributed by atoms with E-state index in [4.69, 9.17) is 10.7 Å². The lowest BCUT2D eigenvalue weighted by atomic mass is 9.67. The predicted molar refractivity (Wildman–Crippen MR) is 77.4 cm³/mol. The number of carbonyl (C=O) groups is 1. The molecular weight excluding hydrogens is 256 g/mol. The molecule has 2 fully saturated rings. The summed E-state index contributed by atoms with van der Waals surface area (Å²) in [6.45, 7) is 2.04. The van der Waals surface area contributed by atoms with E-state index in [1.54, 1.807) is 11.3 Å². The third-order valence-corrected chi connectivity index (χ3v) is 6.40. The fourth-order valence-corrected chi connectivity index (χ4v) is 4.99. The van der Waals surface area contributed by atoms with E-state index < -0.39 is 0 Å². The summed E-state index contributed by atoms with van der Waals surface area (Å²) >= 11 is 1.77. The van der Waals surface area contributed by atoms with Crippen molar-refractivity contribution < 1.29 is 4.79 Å². The average Bonchev–Trinajstić information content (AvgIpc) is 2.71. The van der Waals surface area contributed by atoms with Crippen molar-refractivity contribution in [3.8, 4) is 0 Å². The van der Waals surface area contributed by atoms with E-state index in [0.29, 0.717) is 5.92 Å². The Morgan fingerprint density at radius 2 is 1.95 bits per heavy atom. The van der Waals surface area contributed by atoms with Crippen molar-refractivity contribution in [2.24, 2.45) is 5.73 Å². The summed E-state index contributed by atoms with van der Waals surface area (Å²) in [7, 11) is 0. The number of primary amides is 1. The molecule has 1 aromatic heterocycles. The summed E-state index contributed by atoms with van der Waals surface area (Å²) in [5.41, 5.74) is 6.33. The maximum absolute atomic E-state index is 11.8. The lowest BCUT2D eigenvalue weighted by Gasteiger charge is -2.38. The summed E-state index contributed by atoms with van der Waals surface area (Å²) in [5.74, 6) is 0.469. The minimum absolute atomic E-state index is 0.152. The Labute approximate surface area is 118 Å². The Morgan fingerprint density at radius 3 is 2.47 bits per heavy atom. The number of carbonyl (C=O) groups excluding carboxylic acids is 1. The van der Waals surface area contributed by atoms with Gasteiger partial charge < -0.3 is 5.73 Å². The van der Waals surface area contributed by atoms with Gasteiger partial charge in [0.05, 0.1) is 16.1 Å². The maximum atomic E-state index is 11.8. The van der Waals surface area contributed by atoms with E-state index in [-0.39, 0.29) is 11.3 Å². The fourth-order valence-electron chi connectivity index (χ4n) is 3.50. The van der Waals surface area contributed by atoms with Crippen LogP contribution in [0.3, 0.4) is 0 Å². The second-order valence-electron chi connectivity index (χ2n) is 6.10. The van der Waals surface area contributed by atoms with Crippen LogP contribution in [-0.2, 0) is 10.2 Å². The molecule has 3 rings (SSSR count). The third-order valence-electron chi connectivity index (χ3n) is 4.88. The number of amides is 1. The third kappa shape index (κ3) is 2.10. The quantitative estimate of drug-likeness (QED) is 0.921. The van der Waals surface area contributed by atoms with Crippen LogP contribution in [0.1, 0.15) is 72.9 Å². The zero-order valence-electron chi connectivity index (χ0n) is 11.6.